The van der Waals surface area contributed by atoms with Gasteiger partial charge in [-0.25, -0.2) is 0 Å². The lowest BCUT2D eigenvalue weighted by Gasteiger charge is -2.07. The number of anilines is 1. The number of hydrogen-bond donors (Lipinski definition) is 2. The minimum atomic E-state index is -0.0442. The fourth-order valence-corrected chi connectivity index (χ4v) is 3.00. The summed E-state index contributed by atoms with van der Waals surface area (Å²) in [6.07, 6.45) is 3.50. The van der Waals surface area contributed by atoms with Gasteiger partial charge >= 0.3 is 0 Å². The van der Waals surface area contributed by atoms with E-state index in [2.05, 4.69) is 17.4 Å². The first-order valence-electron chi connectivity index (χ1n) is 7.51. The topological polar surface area (TPSA) is 49.3 Å². The van der Waals surface area contributed by atoms with Crippen molar-refractivity contribution in [3.63, 3.8) is 0 Å². The second-order valence-corrected chi connectivity index (χ2v) is 6.21. The van der Waals surface area contributed by atoms with Crippen LogP contribution >= 0.6 is 11.8 Å². The number of benzene rings is 2. The number of carbonyl (C=O) groups is 1. The van der Waals surface area contributed by atoms with E-state index in [1.165, 1.54) is 4.90 Å². The maximum atomic E-state index is 11.8. The van der Waals surface area contributed by atoms with E-state index in [-0.39, 0.29) is 11.7 Å². The summed E-state index contributed by atoms with van der Waals surface area (Å²) < 4.78 is 0. The maximum absolute atomic E-state index is 11.8. The number of thioether (sulfide) groups is 1. The van der Waals surface area contributed by atoms with Crippen molar-refractivity contribution >= 4 is 23.4 Å². The molecular weight excluding hydrogens is 294 g/mol. The van der Waals surface area contributed by atoms with Gasteiger partial charge in [-0.2, -0.15) is 0 Å². The van der Waals surface area contributed by atoms with Crippen LogP contribution < -0.4 is 5.32 Å². The van der Waals surface area contributed by atoms with Crippen LogP contribution in [0, 0.1) is 0 Å². The summed E-state index contributed by atoms with van der Waals surface area (Å²) in [6, 6.07) is 17.1. The number of unbranched alkanes of at least 4 members (excludes halogenated alkanes) is 2. The Bertz CT molecular complexity index is 587. The van der Waals surface area contributed by atoms with Crippen molar-refractivity contribution in [2.24, 2.45) is 0 Å². The monoisotopic (exact) mass is 315 g/mol. The molecule has 0 heterocycles. The van der Waals surface area contributed by atoms with Crippen LogP contribution in [0.4, 0.5) is 5.69 Å². The number of phenolic OH excluding ortho intramolecular Hbond substituents is 1. The molecule has 4 heteroatoms. The molecule has 0 aromatic heterocycles. The normalized spacial score (nSPS) is 10.4. The van der Waals surface area contributed by atoms with Gasteiger partial charge in [0, 0.05) is 11.3 Å². The molecule has 0 saturated carbocycles. The summed E-state index contributed by atoms with van der Waals surface area (Å²) in [7, 11) is 0. The van der Waals surface area contributed by atoms with Gasteiger partial charge in [-0.05, 0) is 42.9 Å². The average molecular weight is 315 g/mol. The van der Waals surface area contributed by atoms with Crippen molar-refractivity contribution in [2.75, 3.05) is 11.1 Å². The zero-order valence-electron chi connectivity index (χ0n) is 12.5. The zero-order chi connectivity index (χ0) is 15.6. The molecule has 116 valence electrons. The Labute approximate surface area is 135 Å². The lowest BCUT2D eigenvalue weighted by Crippen LogP contribution is -2.11. The van der Waals surface area contributed by atoms with E-state index >= 15 is 0 Å². The molecule has 0 fully saturated rings. The van der Waals surface area contributed by atoms with Gasteiger partial charge in [0.1, 0.15) is 5.75 Å². The largest absolute Gasteiger partial charge is 0.506 e. The maximum Gasteiger partial charge on any atom is 0.224 e. The van der Waals surface area contributed by atoms with Crippen LogP contribution in [0.15, 0.2) is 59.5 Å². The first-order chi connectivity index (χ1) is 10.8. The van der Waals surface area contributed by atoms with Crippen LogP contribution in [0.2, 0.25) is 0 Å². The van der Waals surface area contributed by atoms with Gasteiger partial charge in [-0.1, -0.05) is 36.8 Å². The molecule has 0 bridgehead atoms. The Kier molecular flexibility index (Phi) is 6.84. The first-order valence-corrected chi connectivity index (χ1v) is 8.50. The van der Waals surface area contributed by atoms with Crippen LogP contribution in [-0.2, 0) is 4.79 Å². The molecule has 0 aliphatic rings. The quantitative estimate of drug-likeness (QED) is 0.422. The summed E-state index contributed by atoms with van der Waals surface area (Å²) in [5.41, 5.74) is 0.479. The van der Waals surface area contributed by atoms with E-state index in [1.54, 1.807) is 24.3 Å². The molecule has 0 aliphatic carbocycles. The number of aromatic hydroxyl groups is 1. The lowest BCUT2D eigenvalue weighted by atomic mass is 10.2. The Morgan fingerprint density at radius 3 is 2.45 bits per heavy atom. The summed E-state index contributed by atoms with van der Waals surface area (Å²) in [5.74, 6) is 1.14. The Morgan fingerprint density at radius 1 is 0.955 bits per heavy atom. The number of para-hydroxylation sites is 2. The molecule has 2 aromatic carbocycles. The number of phenols is 1. The second-order valence-electron chi connectivity index (χ2n) is 5.04. The standard InChI is InChI=1S/C18H21NO2S/c20-17-12-7-6-11-16(17)19-18(21)13-5-2-8-14-22-15-9-3-1-4-10-15/h1,3-4,6-7,9-12,20H,2,5,8,13-14H2,(H,19,21). The highest BCUT2D eigenvalue weighted by Gasteiger charge is 2.05. The SMILES string of the molecule is O=C(CCCCCSc1ccccc1)Nc1ccccc1O. The molecule has 1 amide bonds. The highest BCUT2D eigenvalue weighted by atomic mass is 32.2. The Balaban J connectivity index is 1.57. The van der Waals surface area contributed by atoms with Gasteiger partial charge in [0.05, 0.1) is 5.69 Å². The van der Waals surface area contributed by atoms with E-state index in [1.807, 2.05) is 30.0 Å². The second kappa shape index (κ2) is 9.15. The van der Waals surface area contributed by atoms with Gasteiger partial charge in [0.25, 0.3) is 0 Å². The van der Waals surface area contributed by atoms with Crippen molar-refractivity contribution in [1.29, 1.82) is 0 Å². The molecule has 0 atom stereocenters. The molecule has 3 nitrogen and oxygen atoms in total. The van der Waals surface area contributed by atoms with E-state index < -0.39 is 0 Å². The van der Waals surface area contributed by atoms with E-state index in [4.69, 9.17) is 0 Å². The van der Waals surface area contributed by atoms with Crippen LogP contribution in [-0.4, -0.2) is 16.8 Å². The Hall–Kier alpha value is -1.94. The van der Waals surface area contributed by atoms with Gasteiger partial charge in [-0.3, -0.25) is 4.79 Å². The molecule has 0 radical (unpaired) electrons. The number of hydrogen-bond acceptors (Lipinski definition) is 3. The fourth-order valence-electron chi connectivity index (χ4n) is 2.06. The summed E-state index contributed by atoms with van der Waals surface area (Å²) in [5, 5.41) is 12.3. The molecule has 0 saturated heterocycles. The molecule has 0 aliphatic heterocycles. The number of nitrogens with one attached hydrogen (secondary N) is 1. The van der Waals surface area contributed by atoms with Crippen LogP contribution in [0.5, 0.6) is 5.75 Å². The fraction of sp³-hybridized carbons (Fsp3) is 0.278. The molecule has 2 N–H and O–H groups in total. The van der Waals surface area contributed by atoms with Crippen LogP contribution in [0.1, 0.15) is 25.7 Å². The number of carbonyl (C=O) groups excluding carboxylic acids is 1. The number of amides is 1. The zero-order valence-corrected chi connectivity index (χ0v) is 13.3. The molecule has 0 unspecified atom stereocenters. The van der Waals surface area contributed by atoms with E-state index in [9.17, 15) is 9.90 Å². The third-order valence-electron chi connectivity index (χ3n) is 3.24. The molecule has 0 spiro atoms. The molecule has 2 rings (SSSR count). The van der Waals surface area contributed by atoms with Gasteiger partial charge in [-0.15, -0.1) is 11.8 Å². The summed E-state index contributed by atoms with van der Waals surface area (Å²) in [6.45, 7) is 0. The third-order valence-corrected chi connectivity index (χ3v) is 4.34. The first kappa shape index (κ1) is 16.4. The minimum Gasteiger partial charge on any atom is -0.506 e. The van der Waals surface area contributed by atoms with Crippen LogP contribution in [0.3, 0.4) is 0 Å². The van der Waals surface area contributed by atoms with E-state index in [0.29, 0.717) is 12.1 Å². The van der Waals surface area contributed by atoms with Crippen molar-refractivity contribution in [3.8, 4) is 5.75 Å². The lowest BCUT2D eigenvalue weighted by molar-refractivity contribution is -0.116. The average Bonchev–Trinajstić information content (AvgIpc) is 2.54. The van der Waals surface area contributed by atoms with Crippen molar-refractivity contribution in [2.45, 2.75) is 30.6 Å². The van der Waals surface area contributed by atoms with Gasteiger partial charge < -0.3 is 10.4 Å². The summed E-state index contributed by atoms with van der Waals surface area (Å²) >= 11 is 1.85. The predicted molar refractivity (Wildman–Crippen MR) is 92.4 cm³/mol. The summed E-state index contributed by atoms with van der Waals surface area (Å²) in [4.78, 5) is 13.1. The van der Waals surface area contributed by atoms with Gasteiger partial charge in [0.2, 0.25) is 5.91 Å². The molecular formula is C18H21NO2S. The molecule has 2 aromatic rings. The highest BCUT2D eigenvalue weighted by molar-refractivity contribution is 7.99. The van der Waals surface area contributed by atoms with Crippen molar-refractivity contribution in [3.05, 3.63) is 54.6 Å². The van der Waals surface area contributed by atoms with Crippen molar-refractivity contribution in [1.82, 2.24) is 0 Å². The predicted octanol–water partition coefficient (Wildman–Crippen LogP) is 4.68. The Morgan fingerprint density at radius 2 is 1.68 bits per heavy atom. The third kappa shape index (κ3) is 5.82. The van der Waals surface area contributed by atoms with Crippen molar-refractivity contribution < 1.29 is 9.90 Å². The minimum absolute atomic E-state index is 0.0442. The highest BCUT2D eigenvalue weighted by Crippen LogP contribution is 2.22. The smallest absolute Gasteiger partial charge is 0.224 e. The van der Waals surface area contributed by atoms with Crippen LogP contribution in [0.25, 0.3) is 0 Å². The molecule has 22 heavy (non-hydrogen) atoms. The van der Waals surface area contributed by atoms with Gasteiger partial charge in [0.15, 0.2) is 0 Å². The van der Waals surface area contributed by atoms with E-state index in [0.717, 1.165) is 25.0 Å². The number of rotatable bonds is 8.